The second kappa shape index (κ2) is 4.08. The number of fused-ring (bicyclic) bond motifs is 2. The predicted molar refractivity (Wildman–Crippen MR) is 78.2 cm³/mol. The summed E-state index contributed by atoms with van der Waals surface area (Å²) < 4.78 is 0. The van der Waals surface area contributed by atoms with Gasteiger partial charge >= 0.3 is 0 Å². The van der Waals surface area contributed by atoms with E-state index in [4.69, 9.17) is 0 Å². The molecule has 3 nitrogen and oxygen atoms in total. The molecular weight excluding hydrogens is 250 g/mol. The molecule has 112 valence electrons. The van der Waals surface area contributed by atoms with Crippen LogP contribution in [0.5, 0.6) is 0 Å². The van der Waals surface area contributed by atoms with Crippen molar-refractivity contribution in [3.8, 4) is 0 Å². The third kappa shape index (κ3) is 1.47. The third-order valence-electron chi connectivity index (χ3n) is 7.06. The van der Waals surface area contributed by atoms with Crippen molar-refractivity contribution in [1.82, 2.24) is 4.90 Å². The maximum Gasteiger partial charge on any atom is 0.229 e. The molecule has 0 radical (unpaired) electrons. The Morgan fingerprint density at radius 2 is 1.95 bits per heavy atom. The Kier molecular flexibility index (Phi) is 2.88. The van der Waals surface area contributed by atoms with Gasteiger partial charge in [-0.3, -0.25) is 9.59 Å². The number of hydrogen-bond donors (Lipinski definition) is 0. The monoisotopic (exact) mass is 277 g/mol. The first-order valence-electron chi connectivity index (χ1n) is 8.07. The Hall–Kier alpha value is -0.860. The average molecular weight is 277 g/mol. The zero-order chi connectivity index (χ0) is 14.8. The van der Waals surface area contributed by atoms with Crippen LogP contribution in [-0.2, 0) is 9.59 Å². The highest BCUT2D eigenvalue weighted by atomic mass is 16.2. The molecule has 1 heterocycles. The maximum atomic E-state index is 13.2. The van der Waals surface area contributed by atoms with Gasteiger partial charge in [-0.2, -0.15) is 0 Å². The number of likely N-dealkylation sites (tertiary alicyclic amines) is 1. The minimum absolute atomic E-state index is 0.200. The fourth-order valence-electron chi connectivity index (χ4n) is 5.01. The second-order valence-corrected chi connectivity index (χ2v) is 8.14. The average Bonchev–Trinajstić information content (AvgIpc) is 2.68. The Morgan fingerprint density at radius 3 is 2.45 bits per heavy atom. The van der Waals surface area contributed by atoms with E-state index in [0.29, 0.717) is 18.1 Å². The molecule has 3 heteroatoms. The maximum absolute atomic E-state index is 13.2. The fourth-order valence-corrected chi connectivity index (χ4v) is 5.01. The van der Waals surface area contributed by atoms with Gasteiger partial charge in [0.2, 0.25) is 5.91 Å². The van der Waals surface area contributed by atoms with Gasteiger partial charge in [-0.05, 0) is 37.0 Å². The largest absolute Gasteiger partial charge is 0.342 e. The molecule has 0 aromatic rings. The zero-order valence-electron chi connectivity index (χ0n) is 13.3. The highest BCUT2D eigenvalue weighted by molar-refractivity contribution is 5.99. The van der Waals surface area contributed by atoms with E-state index in [1.165, 1.54) is 6.42 Å². The molecule has 2 aliphatic carbocycles. The molecule has 0 aromatic heterocycles. The number of nitrogens with zero attached hydrogens (tertiary/aromatic N) is 1. The summed E-state index contributed by atoms with van der Waals surface area (Å²) >= 11 is 0. The molecule has 0 spiro atoms. The first-order chi connectivity index (χ1) is 9.24. The minimum atomic E-state index is -0.421. The molecule has 0 unspecified atom stereocenters. The van der Waals surface area contributed by atoms with E-state index in [0.717, 1.165) is 32.4 Å². The number of carbonyl (C=O) groups is 2. The zero-order valence-corrected chi connectivity index (χ0v) is 13.3. The van der Waals surface area contributed by atoms with Crippen LogP contribution in [-0.4, -0.2) is 29.7 Å². The van der Waals surface area contributed by atoms with Crippen molar-refractivity contribution >= 4 is 11.7 Å². The van der Waals surface area contributed by atoms with Crippen molar-refractivity contribution < 1.29 is 9.59 Å². The van der Waals surface area contributed by atoms with E-state index < -0.39 is 5.41 Å². The van der Waals surface area contributed by atoms with Crippen LogP contribution in [0.25, 0.3) is 0 Å². The van der Waals surface area contributed by atoms with Crippen LogP contribution in [0.1, 0.15) is 59.8 Å². The van der Waals surface area contributed by atoms with Gasteiger partial charge in [0.15, 0.2) is 0 Å². The van der Waals surface area contributed by atoms with Gasteiger partial charge in [-0.25, -0.2) is 0 Å². The smallest absolute Gasteiger partial charge is 0.229 e. The number of amides is 1. The van der Waals surface area contributed by atoms with Gasteiger partial charge in [-0.15, -0.1) is 0 Å². The van der Waals surface area contributed by atoms with Crippen LogP contribution < -0.4 is 0 Å². The molecule has 20 heavy (non-hydrogen) atoms. The third-order valence-corrected chi connectivity index (χ3v) is 7.06. The van der Waals surface area contributed by atoms with E-state index in [9.17, 15) is 9.59 Å². The van der Waals surface area contributed by atoms with Crippen molar-refractivity contribution in [3.05, 3.63) is 0 Å². The highest BCUT2D eigenvalue weighted by Gasteiger charge is 2.73. The van der Waals surface area contributed by atoms with Crippen LogP contribution >= 0.6 is 0 Å². The van der Waals surface area contributed by atoms with Crippen molar-refractivity contribution in [2.75, 3.05) is 13.1 Å². The Morgan fingerprint density at radius 1 is 1.25 bits per heavy atom. The van der Waals surface area contributed by atoms with Crippen molar-refractivity contribution in [3.63, 3.8) is 0 Å². The standard InChI is InChI=1S/C17H27NO2/c1-12-6-5-9-18(11-12)14(20)17-8-7-16(4,13(19)10-17)15(17,2)3/h12H,5-11H2,1-4H3/t12-,16-,17-/m0/s1. The first kappa shape index (κ1) is 14.1. The molecule has 3 fully saturated rings. The van der Waals surface area contributed by atoms with Gasteiger partial charge in [0, 0.05) is 24.9 Å². The number of piperidine rings is 1. The topological polar surface area (TPSA) is 37.4 Å². The molecule has 1 amide bonds. The van der Waals surface area contributed by atoms with E-state index in [1.807, 2.05) is 0 Å². The Labute approximate surface area is 122 Å². The van der Waals surface area contributed by atoms with Crippen molar-refractivity contribution in [2.24, 2.45) is 22.2 Å². The summed E-state index contributed by atoms with van der Waals surface area (Å²) in [5.74, 6) is 1.17. The van der Waals surface area contributed by atoms with E-state index in [-0.39, 0.29) is 16.7 Å². The van der Waals surface area contributed by atoms with E-state index in [2.05, 4.69) is 32.6 Å². The van der Waals surface area contributed by atoms with Gasteiger partial charge in [0.05, 0.1) is 5.41 Å². The summed E-state index contributed by atoms with van der Waals surface area (Å²) in [5, 5.41) is 0. The van der Waals surface area contributed by atoms with Gasteiger partial charge in [0.1, 0.15) is 5.78 Å². The predicted octanol–water partition coefficient (Wildman–Crippen LogP) is 3.03. The Bertz CT molecular complexity index is 470. The van der Waals surface area contributed by atoms with E-state index >= 15 is 0 Å². The molecule has 3 rings (SSSR count). The SMILES string of the molecule is C[C@H]1CCCN(C(=O)[C@]23CC[C@@](C)(C(=O)C2)C3(C)C)C1. The summed E-state index contributed by atoms with van der Waals surface area (Å²) in [6.45, 7) is 10.4. The number of Topliss-reactive ketones (excluding diaryl/α,β-unsaturated/α-hetero) is 1. The normalized spacial score (nSPS) is 43.1. The highest BCUT2D eigenvalue weighted by Crippen LogP contribution is 2.71. The molecule has 0 aromatic carbocycles. The lowest BCUT2D eigenvalue weighted by atomic mass is 9.64. The first-order valence-corrected chi connectivity index (χ1v) is 8.07. The van der Waals surface area contributed by atoms with Crippen LogP contribution in [0, 0.1) is 22.2 Å². The molecule has 2 saturated carbocycles. The summed E-state index contributed by atoms with van der Waals surface area (Å²) in [6, 6.07) is 0. The van der Waals surface area contributed by atoms with Gasteiger partial charge in [-0.1, -0.05) is 27.7 Å². The molecular formula is C17H27NO2. The van der Waals surface area contributed by atoms with Crippen molar-refractivity contribution in [2.45, 2.75) is 59.8 Å². The second-order valence-electron chi connectivity index (χ2n) is 8.14. The number of hydrogen-bond acceptors (Lipinski definition) is 2. The van der Waals surface area contributed by atoms with Gasteiger partial charge < -0.3 is 4.90 Å². The molecule has 1 saturated heterocycles. The number of ketones is 1. The number of carbonyl (C=O) groups excluding carboxylic acids is 2. The lowest BCUT2D eigenvalue weighted by molar-refractivity contribution is -0.149. The lowest BCUT2D eigenvalue weighted by Crippen LogP contribution is -2.51. The Balaban J connectivity index is 1.93. The molecule has 0 N–H and O–H groups in total. The summed E-state index contributed by atoms with van der Waals surface area (Å²) in [7, 11) is 0. The molecule has 1 aliphatic heterocycles. The molecule has 3 atom stereocenters. The van der Waals surface area contributed by atoms with Crippen LogP contribution in [0.2, 0.25) is 0 Å². The summed E-state index contributed by atoms with van der Waals surface area (Å²) in [4.78, 5) is 27.7. The van der Waals surface area contributed by atoms with Gasteiger partial charge in [0.25, 0.3) is 0 Å². The lowest BCUT2D eigenvalue weighted by Gasteiger charge is -2.43. The van der Waals surface area contributed by atoms with E-state index in [1.54, 1.807) is 0 Å². The van der Waals surface area contributed by atoms with Crippen LogP contribution in [0.4, 0.5) is 0 Å². The summed E-state index contributed by atoms with van der Waals surface area (Å²) in [5.41, 5.74) is -0.908. The summed E-state index contributed by atoms with van der Waals surface area (Å²) in [6.07, 6.45) is 4.57. The molecule has 3 aliphatic rings. The quantitative estimate of drug-likeness (QED) is 0.739. The molecule has 2 bridgehead atoms. The minimum Gasteiger partial charge on any atom is -0.342 e. The van der Waals surface area contributed by atoms with Crippen LogP contribution in [0.15, 0.2) is 0 Å². The number of rotatable bonds is 1. The van der Waals surface area contributed by atoms with Crippen molar-refractivity contribution in [1.29, 1.82) is 0 Å². The van der Waals surface area contributed by atoms with Crippen LogP contribution in [0.3, 0.4) is 0 Å². The fraction of sp³-hybridized carbons (Fsp3) is 0.882.